The summed E-state index contributed by atoms with van der Waals surface area (Å²) in [5, 5.41) is 8.85. The fraction of sp³-hybridized carbons (Fsp3) is 0.417. The minimum absolute atomic E-state index is 0.0752. The van der Waals surface area contributed by atoms with E-state index in [1.54, 1.807) is 14.2 Å². The Balaban J connectivity index is 2.76. The minimum Gasteiger partial charge on any atom is -0.496 e. The molecule has 0 bridgehead atoms. The molecule has 1 N–H and O–H groups in total. The summed E-state index contributed by atoms with van der Waals surface area (Å²) in [5.74, 6) is 0.799. The fourth-order valence-electron chi connectivity index (χ4n) is 1.52. The molecule has 16 heavy (non-hydrogen) atoms. The van der Waals surface area contributed by atoms with Gasteiger partial charge in [0.2, 0.25) is 0 Å². The number of carboxylic acid groups (broad SMARTS) is 1. The number of carbonyl (C=O) groups is 1. The summed E-state index contributed by atoms with van der Waals surface area (Å²) in [4.78, 5) is 12.1. The molecule has 0 radical (unpaired) electrons. The zero-order valence-electron chi connectivity index (χ0n) is 9.80. The van der Waals surface area contributed by atoms with Crippen LogP contribution in [0.1, 0.15) is 12.5 Å². The van der Waals surface area contributed by atoms with Gasteiger partial charge in [0.25, 0.3) is 0 Å². The summed E-state index contributed by atoms with van der Waals surface area (Å²) in [7, 11) is 3.19. The van der Waals surface area contributed by atoms with E-state index < -0.39 is 6.09 Å². The van der Waals surface area contributed by atoms with E-state index in [0.29, 0.717) is 6.42 Å². The van der Waals surface area contributed by atoms with Gasteiger partial charge >= 0.3 is 6.09 Å². The third-order valence-corrected chi connectivity index (χ3v) is 2.67. The first kappa shape index (κ1) is 12.4. The maximum Gasteiger partial charge on any atom is 0.407 e. The standard InChI is InChI=1S/C12H17NO3/c1-9(13(2)12(14)15)8-10-6-4-5-7-11(10)16-3/h4-7,9H,8H2,1-3H3,(H,14,15). The monoisotopic (exact) mass is 223 g/mol. The quantitative estimate of drug-likeness (QED) is 0.851. The van der Waals surface area contributed by atoms with Gasteiger partial charge < -0.3 is 14.7 Å². The minimum atomic E-state index is -0.914. The summed E-state index contributed by atoms with van der Waals surface area (Å²) in [6.45, 7) is 1.88. The second kappa shape index (κ2) is 5.39. The van der Waals surface area contributed by atoms with Crippen LogP contribution in [0.2, 0.25) is 0 Å². The predicted octanol–water partition coefficient (Wildman–Crippen LogP) is 2.24. The molecule has 0 saturated carbocycles. The first-order valence-corrected chi connectivity index (χ1v) is 5.14. The van der Waals surface area contributed by atoms with Gasteiger partial charge in [-0.05, 0) is 25.0 Å². The largest absolute Gasteiger partial charge is 0.496 e. The molecule has 0 saturated heterocycles. The van der Waals surface area contributed by atoms with Crippen molar-refractivity contribution in [1.29, 1.82) is 0 Å². The molecule has 0 aliphatic carbocycles. The van der Waals surface area contributed by atoms with Gasteiger partial charge in [-0.15, -0.1) is 0 Å². The Morgan fingerprint density at radius 2 is 2.12 bits per heavy atom. The van der Waals surface area contributed by atoms with Crippen molar-refractivity contribution in [2.45, 2.75) is 19.4 Å². The number of ether oxygens (including phenoxy) is 1. The molecular formula is C12H17NO3. The van der Waals surface area contributed by atoms with Crippen molar-refractivity contribution in [1.82, 2.24) is 4.90 Å². The van der Waals surface area contributed by atoms with Crippen LogP contribution in [-0.4, -0.2) is 36.3 Å². The third-order valence-electron chi connectivity index (χ3n) is 2.67. The molecule has 1 amide bonds. The molecule has 1 aromatic carbocycles. The number of benzene rings is 1. The molecule has 1 aromatic rings. The summed E-state index contributed by atoms with van der Waals surface area (Å²) in [5.41, 5.74) is 1.02. The van der Waals surface area contributed by atoms with E-state index in [4.69, 9.17) is 9.84 Å². The van der Waals surface area contributed by atoms with Gasteiger partial charge in [-0.25, -0.2) is 4.79 Å². The zero-order chi connectivity index (χ0) is 12.1. The van der Waals surface area contributed by atoms with Crippen molar-refractivity contribution in [3.05, 3.63) is 29.8 Å². The fourth-order valence-corrected chi connectivity index (χ4v) is 1.52. The van der Waals surface area contributed by atoms with E-state index >= 15 is 0 Å². The highest BCUT2D eigenvalue weighted by Crippen LogP contribution is 2.20. The van der Waals surface area contributed by atoms with Gasteiger partial charge in [0, 0.05) is 13.1 Å². The SMILES string of the molecule is COc1ccccc1CC(C)N(C)C(=O)O. The topological polar surface area (TPSA) is 49.8 Å². The van der Waals surface area contributed by atoms with Crippen LogP contribution in [-0.2, 0) is 6.42 Å². The summed E-state index contributed by atoms with van der Waals surface area (Å²) < 4.78 is 5.22. The smallest absolute Gasteiger partial charge is 0.407 e. The Kier molecular flexibility index (Phi) is 4.17. The van der Waals surface area contributed by atoms with Gasteiger partial charge in [-0.1, -0.05) is 18.2 Å². The van der Waals surface area contributed by atoms with E-state index in [0.717, 1.165) is 11.3 Å². The van der Waals surface area contributed by atoms with Gasteiger partial charge in [0.15, 0.2) is 0 Å². The number of hydrogen-bond donors (Lipinski definition) is 1. The molecule has 4 heteroatoms. The highest BCUT2D eigenvalue weighted by molar-refractivity contribution is 5.65. The Labute approximate surface area is 95.5 Å². The van der Waals surface area contributed by atoms with E-state index in [1.165, 1.54) is 4.90 Å². The number of nitrogens with zero attached hydrogens (tertiary/aromatic N) is 1. The molecule has 0 aromatic heterocycles. The molecule has 1 atom stereocenters. The highest BCUT2D eigenvalue weighted by atomic mass is 16.5. The summed E-state index contributed by atoms with van der Waals surface area (Å²) in [6, 6.07) is 7.57. The molecule has 88 valence electrons. The normalized spacial score (nSPS) is 11.9. The Morgan fingerprint density at radius 3 is 2.69 bits per heavy atom. The molecule has 4 nitrogen and oxygen atoms in total. The predicted molar refractivity (Wildman–Crippen MR) is 61.9 cm³/mol. The average Bonchev–Trinajstić information content (AvgIpc) is 2.28. The Hall–Kier alpha value is -1.71. The van der Waals surface area contributed by atoms with Crippen LogP contribution >= 0.6 is 0 Å². The van der Waals surface area contributed by atoms with Crippen LogP contribution in [0.15, 0.2) is 24.3 Å². The van der Waals surface area contributed by atoms with Gasteiger partial charge in [0.1, 0.15) is 5.75 Å². The van der Waals surface area contributed by atoms with Crippen molar-refractivity contribution in [3.63, 3.8) is 0 Å². The number of rotatable bonds is 4. The maximum atomic E-state index is 10.8. The summed E-state index contributed by atoms with van der Waals surface area (Å²) >= 11 is 0. The highest BCUT2D eigenvalue weighted by Gasteiger charge is 2.16. The number of methoxy groups -OCH3 is 1. The molecular weight excluding hydrogens is 206 g/mol. The first-order valence-electron chi connectivity index (χ1n) is 5.14. The third kappa shape index (κ3) is 2.89. The van der Waals surface area contributed by atoms with Crippen molar-refractivity contribution in [3.8, 4) is 5.75 Å². The van der Waals surface area contributed by atoms with Crippen LogP contribution < -0.4 is 4.74 Å². The van der Waals surface area contributed by atoms with Gasteiger partial charge in [-0.3, -0.25) is 0 Å². The van der Waals surface area contributed by atoms with Gasteiger partial charge in [-0.2, -0.15) is 0 Å². The molecule has 0 aliphatic rings. The lowest BCUT2D eigenvalue weighted by Crippen LogP contribution is -2.35. The van der Waals surface area contributed by atoms with E-state index in [-0.39, 0.29) is 6.04 Å². The number of para-hydroxylation sites is 1. The zero-order valence-corrected chi connectivity index (χ0v) is 9.80. The molecule has 0 aliphatic heterocycles. The van der Waals surface area contributed by atoms with Crippen molar-refractivity contribution in [2.75, 3.05) is 14.2 Å². The first-order chi connectivity index (χ1) is 7.56. The van der Waals surface area contributed by atoms with Crippen LogP contribution in [0.25, 0.3) is 0 Å². The lowest BCUT2D eigenvalue weighted by atomic mass is 10.1. The van der Waals surface area contributed by atoms with Gasteiger partial charge in [0.05, 0.1) is 7.11 Å². The van der Waals surface area contributed by atoms with Crippen LogP contribution in [0, 0.1) is 0 Å². The molecule has 1 rings (SSSR count). The molecule has 0 spiro atoms. The van der Waals surface area contributed by atoms with Crippen molar-refractivity contribution in [2.24, 2.45) is 0 Å². The van der Waals surface area contributed by atoms with Crippen molar-refractivity contribution >= 4 is 6.09 Å². The maximum absolute atomic E-state index is 10.8. The molecule has 0 fully saturated rings. The van der Waals surface area contributed by atoms with Crippen LogP contribution in [0.3, 0.4) is 0 Å². The second-order valence-electron chi connectivity index (χ2n) is 3.76. The number of likely N-dealkylation sites (N-methyl/N-ethyl adjacent to an activating group) is 1. The lowest BCUT2D eigenvalue weighted by molar-refractivity contribution is 0.141. The average molecular weight is 223 g/mol. The van der Waals surface area contributed by atoms with Crippen LogP contribution in [0.4, 0.5) is 4.79 Å². The Morgan fingerprint density at radius 1 is 1.50 bits per heavy atom. The lowest BCUT2D eigenvalue weighted by Gasteiger charge is -2.22. The number of amides is 1. The second-order valence-corrected chi connectivity index (χ2v) is 3.76. The molecule has 0 heterocycles. The van der Waals surface area contributed by atoms with E-state index in [1.807, 2.05) is 31.2 Å². The Bertz CT molecular complexity index is 365. The van der Waals surface area contributed by atoms with E-state index in [9.17, 15) is 4.79 Å². The van der Waals surface area contributed by atoms with Crippen LogP contribution in [0.5, 0.6) is 5.75 Å². The summed E-state index contributed by atoms with van der Waals surface area (Å²) in [6.07, 6.45) is -0.269. The molecule has 1 unspecified atom stereocenters. The number of hydrogen-bond acceptors (Lipinski definition) is 2. The van der Waals surface area contributed by atoms with Crippen molar-refractivity contribution < 1.29 is 14.6 Å². The van der Waals surface area contributed by atoms with E-state index in [2.05, 4.69) is 0 Å².